The first-order valence-electron chi connectivity index (χ1n) is 6.45. The lowest BCUT2D eigenvalue weighted by Gasteiger charge is -2.07. The van der Waals surface area contributed by atoms with E-state index in [1.165, 1.54) is 23.0 Å². The number of aromatic nitrogens is 4. The lowest BCUT2D eigenvalue weighted by atomic mass is 10.3. The summed E-state index contributed by atoms with van der Waals surface area (Å²) in [5.41, 5.74) is 1.48. The highest BCUT2D eigenvalue weighted by Gasteiger charge is 2.15. The quantitative estimate of drug-likeness (QED) is 0.579. The van der Waals surface area contributed by atoms with E-state index < -0.39 is 10.8 Å². The first kappa shape index (κ1) is 14.8. The van der Waals surface area contributed by atoms with Crippen molar-refractivity contribution in [1.29, 1.82) is 0 Å². The molecule has 0 bridgehead atoms. The van der Waals surface area contributed by atoms with Crippen LogP contribution < -0.4 is 5.32 Å². The number of benzene rings is 1. The molecular weight excluding hydrogens is 320 g/mol. The molecule has 116 valence electrons. The number of amides is 1. The highest BCUT2D eigenvalue weighted by Crippen LogP contribution is 2.20. The number of hydrogen-bond donors (Lipinski definition) is 1. The summed E-state index contributed by atoms with van der Waals surface area (Å²) in [7, 11) is 0. The van der Waals surface area contributed by atoms with Crippen molar-refractivity contribution in [2.45, 2.75) is 6.92 Å². The minimum Gasteiger partial charge on any atom is -0.305 e. The molecule has 10 heteroatoms. The van der Waals surface area contributed by atoms with Gasteiger partial charge in [-0.2, -0.15) is 13.8 Å². The van der Waals surface area contributed by atoms with Crippen molar-refractivity contribution in [1.82, 2.24) is 18.5 Å². The SMILES string of the molecule is Cc1cc(NC(=O)c2cnsn2)n(-c2ccc([N+](=O)[O-])cc2)n1. The van der Waals surface area contributed by atoms with Gasteiger partial charge in [0.1, 0.15) is 5.82 Å². The third-order valence-electron chi connectivity index (χ3n) is 2.97. The van der Waals surface area contributed by atoms with E-state index in [1.54, 1.807) is 25.1 Å². The number of hydrogen-bond acceptors (Lipinski definition) is 7. The number of carbonyl (C=O) groups excluding carboxylic acids is 1. The fourth-order valence-electron chi connectivity index (χ4n) is 1.95. The standard InChI is InChI=1S/C13H10N6O3S/c1-8-6-12(15-13(20)11-7-14-23-17-11)18(16-8)9-2-4-10(5-3-9)19(21)22/h2-7H,1H3,(H,15,20). The van der Waals surface area contributed by atoms with Gasteiger partial charge in [-0.15, -0.1) is 0 Å². The minimum atomic E-state index is -0.476. The fraction of sp³-hybridized carbons (Fsp3) is 0.0769. The molecule has 1 aromatic carbocycles. The van der Waals surface area contributed by atoms with Crippen LogP contribution in [0.4, 0.5) is 11.5 Å². The Balaban J connectivity index is 1.91. The van der Waals surface area contributed by atoms with Crippen LogP contribution in [0.15, 0.2) is 36.5 Å². The van der Waals surface area contributed by atoms with Crippen LogP contribution in [0.5, 0.6) is 0 Å². The molecule has 0 unspecified atom stereocenters. The Bertz CT molecular complexity index is 856. The third kappa shape index (κ3) is 3.06. The zero-order chi connectivity index (χ0) is 16.4. The summed E-state index contributed by atoms with van der Waals surface area (Å²) in [5, 5.41) is 17.7. The number of nitrogens with one attached hydrogen (secondary N) is 1. The Morgan fingerprint density at radius 1 is 1.35 bits per heavy atom. The van der Waals surface area contributed by atoms with Crippen LogP contribution in [0.1, 0.15) is 16.2 Å². The molecule has 2 heterocycles. The van der Waals surface area contributed by atoms with Crippen LogP contribution >= 0.6 is 11.7 Å². The zero-order valence-electron chi connectivity index (χ0n) is 11.8. The van der Waals surface area contributed by atoms with E-state index in [4.69, 9.17) is 0 Å². The molecule has 3 rings (SSSR count). The van der Waals surface area contributed by atoms with E-state index in [0.717, 1.165) is 11.7 Å². The number of non-ortho nitro benzene ring substituents is 1. The predicted octanol–water partition coefficient (Wildman–Crippen LogP) is 2.19. The number of anilines is 1. The van der Waals surface area contributed by atoms with Gasteiger partial charge in [0, 0.05) is 18.2 Å². The van der Waals surface area contributed by atoms with E-state index in [2.05, 4.69) is 19.2 Å². The van der Waals surface area contributed by atoms with Crippen molar-refractivity contribution in [3.8, 4) is 5.69 Å². The molecule has 0 spiro atoms. The Labute approximate surface area is 134 Å². The average molecular weight is 330 g/mol. The first-order valence-corrected chi connectivity index (χ1v) is 7.18. The molecule has 9 nitrogen and oxygen atoms in total. The molecule has 0 aliphatic carbocycles. The van der Waals surface area contributed by atoms with E-state index in [-0.39, 0.29) is 11.4 Å². The average Bonchev–Trinajstić information content (AvgIpc) is 3.17. The van der Waals surface area contributed by atoms with Gasteiger partial charge in [0.2, 0.25) is 0 Å². The summed E-state index contributed by atoms with van der Waals surface area (Å²) in [6.45, 7) is 1.78. The van der Waals surface area contributed by atoms with E-state index >= 15 is 0 Å². The summed E-state index contributed by atoms with van der Waals surface area (Å²) in [6, 6.07) is 7.57. The topological polar surface area (TPSA) is 116 Å². The van der Waals surface area contributed by atoms with Gasteiger partial charge >= 0.3 is 0 Å². The molecule has 2 aromatic heterocycles. The lowest BCUT2D eigenvalue weighted by Crippen LogP contribution is -2.15. The van der Waals surface area contributed by atoms with Crippen LogP contribution in [0.2, 0.25) is 0 Å². The minimum absolute atomic E-state index is 0.0169. The second kappa shape index (κ2) is 5.93. The van der Waals surface area contributed by atoms with Crippen LogP contribution in [0.3, 0.4) is 0 Å². The monoisotopic (exact) mass is 330 g/mol. The Kier molecular flexibility index (Phi) is 3.81. The fourth-order valence-corrected chi connectivity index (χ4v) is 2.36. The van der Waals surface area contributed by atoms with Crippen LogP contribution in [0.25, 0.3) is 5.69 Å². The molecular formula is C13H10N6O3S. The van der Waals surface area contributed by atoms with Crippen molar-refractivity contribution >= 4 is 29.1 Å². The van der Waals surface area contributed by atoms with Crippen LogP contribution in [0, 0.1) is 17.0 Å². The molecule has 0 saturated heterocycles. The maximum atomic E-state index is 12.1. The number of nitrogens with zero attached hydrogens (tertiary/aromatic N) is 5. The molecule has 0 aliphatic heterocycles. The first-order chi connectivity index (χ1) is 11.0. The third-order valence-corrected chi connectivity index (χ3v) is 3.45. The molecule has 0 saturated carbocycles. The van der Waals surface area contributed by atoms with Crippen molar-refractivity contribution in [2.24, 2.45) is 0 Å². The van der Waals surface area contributed by atoms with Gasteiger partial charge in [-0.3, -0.25) is 14.9 Å². The van der Waals surface area contributed by atoms with Gasteiger partial charge in [0.05, 0.1) is 34.2 Å². The van der Waals surface area contributed by atoms with Crippen LogP contribution in [-0.4, -0.2) is 29.4 Å². The van der Waals surface area contributed by atoms with E-state index in [9.17, 15) is 14.9 Å². The Morgan fingerprint density at radius 3 is 2.70 bits per heavy atom. The summed E-state index contributed by atoms with van der Waals surface area (Å²) in [6.07, 6.45) is 1.37. The molecule has 0 atom stereocenters. The lowest BCUT2D eigenvalue weighted by molar-refractivity contribution is -0.384. The highest BCUT2D eigenvalue weighted by atomic mass is 32.1. The maximum Gasteiger partial charge on any atom is 0.278 e. The molecule has 0 fully saturated rings. The van der Waals surface area contributed by atoms with Gasteiger partial charge < -0.3 is 5.32 Å². The second-order valence-electron chi connectivity index (χ2n) is 4.60. The van der Waals surface area contributed by atoms with Crippen molar-refractivity contribution in [3.05, 3.63) is 58.0 Å². The summed E-state index contributed by atoms with van der Waals surface area (Å²) < 4.78 is 9.14. The van der Waals surface area contributed by atoms with Crippen molar-refractivity contribution < 1.29 is 9.72 Å². The van der Waals surface area contributed by atoms with Gasteiger partial charge in [0.15, 0.2) is 5.69 Å². The van der Waals surface area contributed by atoms with Gasteiger partial charge in [0.25, 0.3) is 11.6 Å². The molecule has 3 aromatic rings. The Hall–Kier alpha value is -3.14. The van der Waals surface area contributed by atoms with Gasteiger partial charge in [-0.1, -0.05) is 0 Å². The molecule has 1 amide bonds. The van der Waals surface area contributed by atoms with Gasteiger partial charge in [-0.25, -0.2) is 4.68 Å². The molecule has 23 heavy (non-hydrogen) atoms. The van der Waals surface area contributed by atoms with Gasteiger partial charge in [-0.05, 0) is 19.1 Å². The number of aryl methyl sites for hydroxylation is 1. The number of carbonyl (C=O) groups is 1. The normalized spacial score (nSPS) is 10.5. The van der Waals surface area contributed by atoms with Crippen molar-refractivity contribution in [2.75, 3.05) is 5.32 Å². The molecule has 0 radical (unpaired) electrons. The molecule has 0 aliphatic rings. The smallest absolute Gasteiger partial charge is 0.278 e. The van der Waals surface area contributed by atoms with Crippen LogP contribution in [-0.2, 0) is 0 Å². The zero-order valence-corrected chi connectivity index (χ0v) is 12.6. The summed E-state index contributed by atoms with van der Waals surface area (Å²) in [5.74, 6) is 0.0381. The molecule has 1 N–H and O–H groups in total. The summed E-state index contributed by atoms with van der Waals surface area (Å²) in [4.78, 5) is 22.3. The van der Waals surface area contributed by atoms with Crippen molar-refractivity contribution in [3.63, 3.8) is 0 Å². The summed E-state index contributed by atoms with van der Waals surface area (Å²) >= 11 is 0.941. The largest absolute Gasteiger partial charge is 0.305 e. The van der Waals surface area contributed by atoms with E-state index in [0.29, 0.717) is 17.2 Å². The predicted molar refractivity (Wildman–Crippen MR) is 82.8 cm³/mol. The maximum absolute atomic E-state index is 12.1. The second-order valence-corrected chi connectivity index (χ2v) is 5.16. The number of rotatable bonds is 4. The van der Waals surface area contributed by atoms with E-state index in [1.807, 2.05) is 0 Å². The number of nitro benzene ring substituents is 1. The number of nitro groups is 1. The Morgan fingerprint density at radius 2 is 2.09 bits per heavy atom. The highest BCUT2D eigenvalue weighted by molar-refractivity contribution is 6.99.